The summed E-state index contributed by atoms with van der Waals surface area (Å²) in [5.74, 6) is 0.139. The van der Waals surface area contributed by atoms with Crippen LogP contribution in [0.1, 0.15) is 68.3 Å². The molecule has 0 saturated heterocycles. The fourth-order valence-corrected chi connectivity index (χ4v) is 4.57. The second-order valence-electron chi connectivity index (χ2n) is 6.89. The van der Waals surface area contributed by atoms with Crippen molar-refractivity contribution in [3.05, 3.63) is 16.0 Å². The van der Waals surface area contributed by atoms with Gasteiger partial charge in [0.25, 0.3) is 0 Å². The summed E-state index contributed by atoms with van der Waals surface area (Å²) >= 11 is 1.54. The van der Waals surface area contributed by atoms with E-state index >= 15 is 0 Å². The van der Waals surface area contributed by atoms with Gasteiger partial charge in [-0.15, -0.1) is 11.3 Å². The first-order chi connectivity index (χ1) is 10.8. The lowest BCUT2D eigenvalue weighted by molar-refractivity contribution is -0.114. The quantitative estimate of drug-likeness (QED) is 0.809. The fraction of sp³-hybridized carbons (Fsp3) is 0.667. The van der Waals surface area contributed by atoms with Crippen molar-refractivity contribution >= 4 is 28.2 Å². The van der Waals surface area contributed by atoms with Crippen molar-refractivity contribution in [3.63, 3.8) is 0 Å². The van der Waals surface area contributed by atoms with Crippen molar-refractivity contribution in [1.82, 2.24) is 0 Å². The maximum Gasteiger partial charge on any atom is 0.341 e. The molecule has 1 aromatic heterocycles. The van der Waals surface area contributed by atoms with E-state index in [1.807, 2.05) is 0 Å². The zero-order valence-corrected chi connectivity index (χ0v) is 15.6. The average Bonchev–Trinajstić information content (AvgIpc) is 2.83. The molecular formula is C18H27NO3S. The standard InChI is InChI=1S/C18H27NO3S/c1-6-18(4,5)12-8-9-13-14(10-12)23-16(19-11(3)20)15(13)17(21)22-7-2/h12H,6-10H2,1-5H3,(H,19,20). The van der Waals surface area contributed by atoms with Gasteiger partial charge in [-0.1, -0.05) is 27.2 Å². The van der Waals surface area contributed by atoms with E-state index in [0.717, 1.165) is 31.2 Å². The number of hydrogen-bond donors (Lipinski definition) is 1. The van der Waals surface area contributed by atoms with Gasteiger partial charge in [0.2, 0.25) is 5.91 Å². The molecule has 128 valence electrons. The maximum atomic E-state index is 12.3. The Balaban J connectivity index is 2.38. The first-order valence-electron chi connectivity index (χ1n) is 8.39. The van der Waals surface area contributed by atoms with E-state index < -0.39 is 0 Å². The Kier molecular flexibility index (Phi) is 5.50. The van der Waals surface area contributed by atoms with Gasteiger partial charge in [0.15, 0.2) is 0 Å². The molecule has 1 unspecified atom stereocenters. The summed E-state index contributed by atoms with van der Waals surface area (Å²) in [7, 11) is 0. The van der Waals surface area contributed by atoms with Crippen LogP contribution >= 0.6 is 11.3 Å². The zero-order chi connectivity index (χ0) is 17.2. The van der Waals surface area contributed by atoms with Crippen LogP contribution in [-0.2, 0) is 22.4 Å². The topological polar surface area (TPSA) is 55.4 Å². The van der Waals surface area contributed by atoms with Crippen molar-refractivity contribution in [2.24, 2.45) is 11.3 Å². The summed E-state index contributed by atoms with van der Waals surface area (Å²) in [6.07, 6.45) is 4.08. The molecule has 23 heavy (non-hydrogen) atoms. The normalized spacial score (nSPS) is 17.5. The number of anilines is 1. The molecule has 0 radical (unpaired) electrons. The third-order valence-corrected chi connectivity index (χ3v) is 6.22. The molecule has 0 saturated carbocycles. The summed E-state index contributed by atoms with van der Waals surface area (Å²) in [5, 5.41) is 3.47. The minimum Gasteiger partial charge on any atom is -0.462 e. The van der Waals surface area contributed by atoms with Gasteiger partial charge in [0, 0.05) is 11.8 Å². The monoisotopic (exact) mass is 337 g/mol. The lowest BCUT2D eigenvalue weighted by atomic mass is 9.69. The molecule has 0 spiro atoms. The summed E-state index contributed by atoms with van der Waals surface area (Å²) in [6, 6.07) is 0. The zero-order valence-electron chi connectivity index (χ0n) is 14.7. The van der Waals surface area contributed by atoms with E-state index in [2.05, 4.69) is 26.1 Å². The minimum atomic E-state index is -0.318. The van der Waals surface area contributed by atoms with E-state index in [9.17, 15) is 9.59 Å². The molecule has 1 amide bonds. The Labute approximate surface area is 142 Å². The highest BCUT2D eigenvalue weighted by Crippen LogP contribution is 2.45. The smallest absolute Gasteiger partial charge is 0.341 e. The minimum absolute atomic E-state index is 0.153. The van der Waals surface area contributed by atoms with Crippen LogP contribution in [0.2, 0.25) is 0 Å². The van der Waals surface area contributed by atoms with Crippen LogP contribution in [0.5, 0.6) is 0 Å². The molecular weight excluding hydrogens is 310 g/mol. The summed E-state index contributed by atoms with van der Waals surface area (Å²) in [5.41, 5.74) is 1.95. The molecule has 1 aliphatic carbocycles. The van der Waals surface area contributed by atoms with Crippen molar-refractivity contribution in [2.45, 2.75) is 60.3 Å². The van der Waals surface area contributed by atoms with Crippen LogP contribution in [-0.4, -0.2) is 18.5 Å². The summed E-state index contributed by atoms with van der Waals surface area (Å²) in [6.45, 7) is 10.5. The third-order valence-electron chi connectivity index (χ3n) is 5.05. The van der Waals surface area contributed by atoms with Crippen molar-refractivity contribution in [2.75, 3.05) is 11.9 Å². The second kappa shape index (κ2) is 7.04. The van der Waals surface area contributed by atoms with Gasteiger partial charge >= 0.3 is 5.97 Å². The molecule has 5 heteroatoms. The molecule has 0 fully saturated rings. The average molecular weight is 337 g/mol. The lowest BCUT2D eigenvalue weighted by Crippen LogP contribution is -2.28. The Morgan fingerprint density at radius 2 is 2.04 bits per heavy atom. The van der Waals surface area contributed by atoms with Gasteiger partial charge in [-0.05, 0) is 43.1 Å². The highest BCUT2D eigenvalue weighted by atomic mass is 32.1. The van der Waals surface area contributed by atoms with Crippen LogP contribution in [0.3, 0.4) is 0 Å². The largest absolute Gasteiger partial charge is 0.462 e. The molecule has 2 rings (SSSR count). The Hall–Kier alpha value is -1.36. The molecule has 1 N–H and O–H groups in total. The number of amides is 1. The van der Waals surface area contributed by atoms with E-state index in [1.54, 1.807) is 18.3 Å². The van der Waals surface area contributed by atoms with E-state index in [-0.39, 0.29) is 11.9 Å². The highest BCUT2D eigenvalue weighted by Gasteiger charge is 2.35. The number of esters is 1. The third kappa shape index (κ3) is 3.77. The van der Waals surface area contributed by atoms with Crippen molar-refractivity contribution in [1.29, 1.82) is 0 Å². The van der Waals surface area contributed by atoms with E-state index in [1.165, 1.54) is 11.8 Å². The molecule has 0 aromatic carbocycles. The number of ether oxygens (including phenoxy) is 1. The maximum absolute atomic E-state index is 12.3. The number of hydrogen-bond acceptors (Lipinski definition) is 4. The first kappa shape index (κ1) is 18.0. The Morgan fingerprint density at radius 3 is 2.61 bits per heavy atom. The lowest BCUT2D eigenvalue weighted by Gasteiger charge is -2.36. The van der Waals surface area contributed by atoms with Crippen LogP contribution in [0.15, 0.2) is 0 Å². The second-order valence-corrected chi connectivity index (χ2v) is 8.00. The number of fused-ring (bicyclic) bond motifs is 1. The van der Waals surface area contributed by atoms with Crippen LogP contribution in [0.4, 0.5) is 5.00 Å². The van der Waals surface area contributed by atoms with Crippen LogP contribution < -0.4 is 5.32 Å². The predicted molar refractivity (Wildman–Crippen MR) is 94.2 cm³/mol. The molecule has 0 aliphatic heterocycles. The Morgan fingerprint density at radius 1 is 1.35 bits per heavy atom. The van der Waals surface area contributed by atoms with Gasteiger partial charge in [-0.2, -0.15) is 0 Å². The molecule has 1 heterocycles. The van der Waals surface area contributed by atoms with Crippen LogP contribution in [0.25, 0.3) is 0 Å². The van der Waals surface area contributed by atoms with Crippen molar-refractivity contribution < 1.29 is 14.3 Å². The molecule has 1 atom stereocenters. The van der Waals surface area contributed by atoms with Gasteiger partial charge in [0.05, 0.1) is 12.2 Å². The SMILES string of the molecule is CCOC(=O)c1c(NC(C)=O)sc2c1CCC(C(C)(C)CC)C2. The van der Waals surface area contributed by atoms with E-state index in [0.29, 0.717) is 28.5 Å². The summed E-state index contributed by atoms with van der Waals surface area (Å²) in [4.78, 5) is 25.1. The highest BCUT2D eigenvalue weighted by molar-refractivity contribution is 7.17. The fourth-order valence-electron chi connectivity index (χ4n) is 3.21. The van der Waals surface area contributed by atoms with Gasteiger partial charge < -0.3 is 10.1 Å². The molecule has 1 aromatic rings. The predicted octanol–water partition coefficient (Wildman–Crippen LogP) is 4.42. The summed E-state index contributed by atoms with van der Waals surface area (Å²) < 4.78 is 5.21. The molecule has 4 nitrogen and oxygen atoms in total. The van der Waals surface area contributed by atoms with E-state index in [4.69, 9.17) is 4.74 Å². The molecule has 1 aliphatic rings. The Bertz CT molecular complexity index is 604. The number of nitrogens with one attached hydrogen (secondary N) is 1. The van der Waals surface area contributed by atoms with Gasteiger partial charge in [-0.3, -0.25) is 4.79 Å². The first-order valence-corrected chi connectivity index (χ1v) is 9.21. The number of carbonyl (C=O) groups is 2. The van der Waals surface area contributed by atoms with Crippen molar-refractivity contribution in [3.8, 4) is 0 Å². The number of thiophene rings is 1. The molecule has 0 bridgehead atoms. The van der Waals surface area contributed by atoms with Gasteiger partial charge in [0.1, 0.15) is 5.00 Å². The number of carbonyl (C=O) groups excluding carboxylic acids is 2. The van der Waals surface area contributed by atoms with Gasteiger partial charge in [-0.25, -0.2) is 4.79 Å². The van der Waals surface area contributed by atoms with Crippen LogP contribution in [0, 0.1) is 11.3 Å². The number of rotatable bonds is 5.